The first-order chi connectivity index (χ1) is 6.29. The van der Waals surface area contributed by atoms with E-state index >= 15 is 0 Å². The zero-order valence-corrected chi connectivity index (χ0v) is 9.10. The summed E-state index contributed by atoms with van der Waals surface area (Å²) in [4.78, 5) is 5.39. The van der Waals surface area contributed by atoms with Crippen molar-refractivity contribution in [1.29, 1.82) is 0 Å². The normalized spacial score (nSPS) is 10.2. The highest BCUT2D eigenvalue weighted by atomic mass is 79.9. The number of nitrogen functional groups attached to an aromatic ring is 1. The monoisotopic (exact) mass is 254 g/mol. The minimum absolute atomic E-state index is 0.721. The van der Waals surface area contributed by atoms with E-state index in [9.17, 15) is 0 Å². The van der Waals surface area contributed by atoms with Crippen LogP contribution in [0, 0.1) is 0 Å². The van der Waals surface area contributed by atoms with Gasteiger partial charge in [-0.3, -0.25) is 4.98 Å². The van der Waals surface area contributed by atoms with E-state index in [4.69, 9.17) is 5.73 Å². The Morgan fingerprint density at radius 2 is 2.23 bits per heavy atom. The van der Waals surface area contributed by atoms with Gasteiger partial charge in [0, 0.05) is 11.9 Å². The summed E-state index contributed by atoms with van der Waals surface area (Å²) in [5, 5.41) is 2.02. The van der Waals surface area contributed by atoms with Crippen LogP contribution in [0.15, 0.2) is 34.2 Å². The number of halogens is 1. The molecule has 0 atom stereocenters. The fraction of sp³-hybridized carbons (Fsp3) is 0. The van der Waals surface area contributed by atoms with E-state index in [2.05, 4.69) is 20.9 Å². The topological polar surface area (TPSA) is 38.9 Å². The summed E-state index contributed by atoms with van der Waals surface area (Å²) in [6, 6.07) is 5.80. The second kappa shape index (κ2) is 3.47. The van der Waals surface area contributed by atoms with Crippen LogP contribution in [0.1, 0.15) is 0 Å². The first kappa shape index (κ1) is 8.72. The first-order valence-electron chi connectivity index (χ1n) is 3.73. The highest BCUT2D eigenvalue weighted by Gasteiger charge is 2.07. The molecule has 2 rings (SSSR count). The summed E-state index contributed by atoms with van der Waals surface area (Å²) in [6.07, 6.45) is 1.72. The van der Waals surface area contributed by atoms with Gasteiger partial charge in [0.05, 0.1) is 15.0 Å². The molecule has 0 aliphatic heterocycles. The van der Waals surface area contributed by atoms with Gasteiger partial charge in [-0.2, -0.15) is 0 Å². The first-order valence-corrected chi connectivity index (χ1v) is 5.40. The van der Waals surface area contributed by atoms with Crippen molar-refractivity contribution >= 4 is 33.0 Å². The average Bonchev–Trinajstić information content (AvgIpc) is 2.62. The quantitative estimate of drug-likeness (QED) is 0.850. The molecule has 0 saturated carbocycles. The summed E-state index contributed by atoms with van der Waals surface area (Å²) in [7, 11) is 0. The van der Waals surface area contributed by atoms with Gasteiger partial charge < -0.3 is 5.73 Å². The van der Waals surface area contributed by atoms with Crippen LogP contribution in [-0.4, -0.2) is 4.98 Å². The van der Waals surface area contributed by atoms with Crippen LogP contribution in [-0.2, 0) is 0 Å². The maximum absolute atomic E-state index is 5.74. The molecule has 0 aliphatic carbocycles. The number of hydrogen-bond acceptors (Lipinski definition) is 3. The van der Waals surface area contributed by atoms with Crippen molar-refractivity contribution in [3.8, 4) is 10.6 Å². The maximum atomic E-state index is 5.74. The molecule has 2 heterocycles. The third-order valence-corrected chi connectivity index (χ3v) is 3.38. The van der Waals surface area contributed by atoms with E-state index in [1.165, 1.54) is 0 Å². The Hall–Kier alpha value is -0.870. The number of aromatic nitrogens is 1. The Morgan fingerprint density at radius 3 is 2.92 bits per heavy atom. The molecule has 66 valence electrons. The highest BCUT2D eigenvalue weighted by molar-refractivity contribution is 9.10. The van der Waals surface area contributed by atoms with Crippen LogP contribution in [0.4, 0.5) is 5.69 Å². The van der Waals surface area contributed by atoms with Gasteiger partial charge in [-0.05, 0) is 33.4 Å². The van der Waals surface area contributed by atoms with E-state index in [0.717, 1.165) is 20.7 Å². The second-order valence-corrected chi connectivity index (χ2v) is 4.28. The van der Waals surface area contributed by atoms with E-state index in [-0.39, 0.29) is 0 Å². The second-order valence-electron chi connectivity index (χ2n) is 2.54. The Bertz CT molecular complexity index is 412. The Morgan fingerprint density at radius 1 is 1.38 bits per heavy atom. The lowest BCUT2D eigenvalue weighted by molar-refractivity contribution is 1.32. The lowest BCUT2D eigenvalue weighted by atomic mass is 10.3. The molecule has 0 fully saturated rings. The number of anilines is 1. The SMILES string of the molecule is Nc1ccnc(-c2cccs2)c1Br. The molecule has 4 heteroatoms. The Labute approximate surface area is 88.6 Å². The van der Waals surface area contributed by atoms with Crippen molar-refractivity contribution in [1.82, 2.24) is 4.98 Å². The molecule has 2 aromatic heterocycles. The number of thiophene rings is 1. The van der Waals surface area contributed by atoms with Crippen LogP contribution in [0.3, 0.4) is 0 Å². The Balaban J connectivity index is 2.59. The summed E-state index contributed by atoms with van der Waals surface area (Å²) in [6.45, 7) is 0. The van der Waals surface area contributed by atoms with E-state index in [1.807, 2.05) is 17.5 Å². The zero-order chi connectivity index (χ0) is 9.26. The van der Waals surface area contributed by atoms with Crippen molar-refractivity contribution in [2.24, 2.45) is 0 Å². The molecule has 0 saturated heterocycles. The molecule has 0 spiro atoms. The van der Waals surface area contributed by atoms with Crippen LogP contribution in [0.5, 0.6) is 0 Å². The molecular weight excluding hydrogens is 248 g/mol. The van der Waals surface area contributed by atoms with Crippen molar-refractivity contribution in [2.75, 3.05) is 5.73 Å². The largest absolute Gasteiger partial charge is 0.398 e. The lowest BCUT2D eigenvalue weighted by Crippen LogP contribution is -1.90. The van der Waals surface area contributed by atoms with Crippen molar-refractivity contribution in [3.63, 3.8) is 0 Å². The predicted octanol–water partition coefficient (Wildman–Crippen LogP) is 3.15. The number of nitrogens with zero attached hydrogens (tertiary/aromatic N) is 1. The van der Waals surface area contributed by atoms with Crippen LogP contribution >= 0.6 is 27.3 Å². The van der Waals surface area contributed by atoms with Crippen molar-refractivity contribution < 1.29 is 0 Å². The number of rotatable bonds is 1. The number of nitrogens with two attached hydrogens (primary N) is 1. The van der Waals surface area contributed by atoms with E-state index < -0.39 is 0 Å². The average molecular weight is 255 g/mol. The van der Waals surface area contributed by atoms with Crippen molar-refractivity contribution in [2.45, 2.75) is 0 Å². The smallest absolute Gasteiger partial charge is 0.0964 e. The molecule has 0 bridgehead atoms. The van der Waals surface area contributed by atoms with Gasteiger partial charge in [0.1, 0.15) is 0 Å². The third-order valence-electron chi connectivity index (χ3n) is 1.67. The maximum Gasteiger partial charge on any atom is 0.0964 e. The van der Waals surface area contributed by atoms with Gasteiger partial charge >= 0.3 is 0 Å². The molecule has 2 N–H and O–H groups in total. The summed E-state index contributed by atoms with van der Waals surface area (Å²) in [5.74, 6) is 0. The molecule has 0 radical (unpaired) electrons. The third kappa shape index (κ3) is 1.59. The minimum atomic E-state index is 0.721. The summed E-state index contributed by atoms with van der Waals surface area (Å²) < 4.78 is 0.873. The molecule has 0 unspecified atom stereocenters. The minimum Gasteiger partial charge on any atom is -0.398 e. The molecular formula is C9H7BrN2S. The van der Waals surface area contributed by atoms with Gasteiger partial charge in [-0.25, -0.2) is 0 Å². The van der Waals surface area contributed by atoms with Crippen molar-refractivity contribution in [3.05, 3.63) is 34.2 Å². The highest BCUT2D eigenvalue weighted by Crippen LogP contribution is 2.32. The standard InChI is InChI=1S/C9H7BrN2S/c10-8-6(11)3-4-12-9(8)7-2-1-5-13-7/h1-5H,(H2,11,12). The van der Waals surface area contributed by atoms with Crippen LogP contribution < -0.4 is 5.73 Å². The fourth-order valence-electron chi connectivity index (χ4n) is 1.04. The molecule has 0 aliphatic rings. The lowest BCUT2D eigenvalue weighted by Gasteiger charge is -2.02. The molecule has 13 heavy (non-hydrogen) atoms. The predicted molar refractivity (Wildman–Crippen MR) is 59.7 cm³/mol. The molecule has 2 aromatic rings. The van der Waals surface area contributed by atoms with Crippen LogP contribution in [0.2, 0.25) is 0 Å². The van der Waals surface area contributed by atoms with Gasteiger partial charge in [0.2, 0.25) is 0 Å². The molecule has 0 aromatic carbocycles. The van der Waals surface area contributed by atoms with E-state index in [0.29, 0.717) is 0 Å². The molecule has 2 nitrogen and oxygen atoms in total. The summed E-state index contributed by atoms with van der Waals surface area (Å²) >= 11 is 5.07. The van der Waals surface area contributed by atoms with Crippen LogP contribution in [0.25, 0.3) is 10.6 Å². The van der Waals surface area contributed by atoms with Gasteiger partial charge in [0.25, 0.3) is 0 Å². The Kier molecular flexibility index (Phi) is 2.33. The fourth-order valence-corrected chi connectivity index (χ4v) is 2.35. The van der Waals surface area contributed by atoms with E-state index in [1.54, 1.807) is 23.6 Å². The van der Waals surface area contributed by atoms with Gasteiger partial charge in [-0.15, -0.1) is 11.3 Å². The summed E-state index contributed by atoms with van der Waals surface area (Å²) in [5.41, 5.74) is 7.38. The van der Waals surface area contributed by atoms with Gasteiger partial charge in [0.15, 0.2) is 0 Å². The number of hydrogen-bond donors (Lipinski definition) is 1. The molecule has 0 amide bonds. The number of pyridine rings is 1. The van der Waals surface area contributed by atoms with Gasteiger partial charge in [-0.1, -0.05) is 6.07 Å². The zero-order valence-electron chi connectivity index (χ0n) is 6.70.